The van der Waals surface area contributed by atoms with Crippen molar-refractivity contribution in [1.82, 2.24) is 15.1 Å². The first-order chi connectivity index (χ1) is 13.2. The lowest BCUT2D eigenvalue weighted by atomic mass is 10.2. The van der Waals surface area contributed by atoms with Gasteiger partial charge in [-0.15, -0.1) is 10.2 Å². The molecule has 1 aromatic heterocycles. The third-order valence-corrected chi connectivity index (χ3v) is 6.66. The highest BCUT2D eigenvalue weighted by Crippen LogP contribution is 2.31. The first kappa shape index (κ1) is 18.4. The summed E-state index contributed by atoms with van der Waals surface area (Å²) in [5.41, 5.74) is 1.09. The first-order valence-corrected chi connectivity index (χ1v) is 10.9. The Kier molecular flexibility index (Phi) is 5.68. The molecule has 0 unspecified atom stereocenters. The van der Waals surface area contributed by atoms with Gasteiger partial charge < -0.3 is 19.9 Å². The van der Waals surface area contributed by atoms with Crippen LogP contribution in [0.25, 0.3) is 0 Å². The van der Waals surface area contributed by atoms with E-state index < -0.39 is 0 Å². The molecule has 27 heavy (non-hydrogen) atoms. The van der Waals surface area contributed by atoms with Gasteiger partial charge >= 0.3 is 0 Å². The van der Waals surface area contributed by atoms with Crippen LogP contribution in [0.5, 0.6) is 5.75 Å². The summed E-state index contributed by atoms with van der Waals surface area (Å²) < 4.78 is 6.29. The number of carbonyl (C=O) groups excluding carboxylic acids is 1. The highest BCUT2D eigenvalue weighted by molar-refractivity contribution is 8.01. The molecule has 4 rings (SSSR count). The second kappa shape index (κ2) is 8.35. The van der Waals surface area contributed by atoms with E-state index in [9.17, 15) is 4.79 Å². The molecule has 1 aliphatic heterocycles. The highest BCUT2D eigenvalue weighted by atomic mass is 32.2. The average molecular weight is 406 g/mol. The van der Waals surface area contributed by atoms with Crippen molar-refractivity contribution in [2.24, 2.45) is 0 Å². The Labute approximate surface area is 167 Å². The summed E-state index contributed by atoms with van der Waals surface area (Å²) in [6, 6.07) is 8.59. The molecule has 9 heteroatoms. The van der Waals surface area contributed by atoms with E-state index in [1.807, 2.05) is 23.1 Å². The van der Waals surface area contributed by atoms with E-state index in [0.717, 1.165) is 47.1 Å². The summed E-state index contributed by atoms with van der Waals surface area (Å²) in [6.07, 6.45) is 2.42. The smallest absolute Gasteiger partial charge is 0.233 e. The van der Waals surface area contributed by atoms with Crippen molar-refractivity contribution in [3.8, 4) is 5.75 Å². The fourth-order valence-corrected chi connectivity index (χ4v) is 4.76. The number of benzene rings is 1. The molecule has 1 amide bonds. The Balaban J connectivity index is 1.25. The van der Waals surface area contributed by atoms with Crippen LogP contribution in [0.4, 0.5) is 10.8 Å². The monoisotopic (exact) mass is 405 g/mol. The molecule has 7 nitrogen and oxygen atoms in total. The molecule has 2 fully saturated rings. The van der Waals surface area contributed by atoms with Crippen LogP contribution in [0.2, 0.25) is 0 Å². The Bertz CT molecular complexity index is 788. The predicted molar refractivity (Wildman–Crippen MR) is 109 cm³/mol. The van der Waals surface area contributed by atoms with Gasteiger partial charge in [0.1, 0.15) is 5.75 Å². The van der Waals surface area contributed by atoms with Gasteiger partial charge in [-0.2, -0.15) is 0 Å². The van der Waals surface area contributed by atoms with Crippen LogP contribution < -0.4 is 15.0 Å². The number of para-hydroxylation sites is 2. The van der Waals surface area contributed by atoms with E-state index in [1.54, 1.807) is 7.11 Å². The minimum atomic E-state index is 0.159. The highest BCUT2D eigenvalue weighted by Gasteiger charge is 2.24. The molecule has 1 saturated heterocycles. The van der Waals surface area contributed by atoms with E-state index in [1.165, 1.54) is 35.9 Å². The number of amides is 1. The SMILES string of the molecule is COc1ccccc1N1CCN(C(=O)CSc2nnc(NC3CC3)s2)CC1. The van der Waals surface area contributed by atoms with Crippen LogP contribution in [0.15, 0.2) is 28.6 Å². The quantitative estimate of drug-likeness (QED) is 0.710. The minimum absolute atomic E-state index is 0.159. The Morgan fingerprint density at radius 1 is 1.26 bits per heavy atom. The number of hydrogen-bond acceptors (Lipinski definition) is 8. The topological polar surface area (TPSA) is 70.6 Å². The van der Waals surface area contributed by atoms with Gasteiger partial charge in [-0.3, -0.25) is 4.79 Å². The zero-order chi connectivity index (χ0) is 18.6. The summed E-state index contributed by atoms with van der Waals surface area (Å²) in [6.45, 7) is 3.07. The number of hydrogen-bond donors (Lipinski definition) is 1. The van der Waals surface area contributed by atoms with Crippen molar-refractivity contribution in [3.05, 3.63) is 24.3 Å². The maximum absolute atomic E-state index is 12.5. The van der Waals surface area contributed by atoms with Crippen LogP contribution in [-0.2, 0) is 4.79 Å². The Hall–Kier alpha value is -2.00. The fourth-order valence-electron chi connectivity index (χ4n) is 3.03. The molecule has 1 saturated carbocycles. The molecule has 0 atom stereocenters. The fraction of sp³-hybridized carbons (Fsp3) is 0.500. The van der Waals surface area contributed by atoms with Crippen LogP contribution >= 0.6 is 23.1 Å². The summed E-state index contributed by atoms with van der Waals surface area (Å²) in [7, 11) is 1.69. The molecule has 2 aromatic rings. The molecule has 1 aromatic carbocycles. The van der Waals surface area contributed by atoms with E-state index >= 15 is 0 Å². The van der Waals surface area contributed by atoms with Crippen LogP contribution in [0.3, 0.4) is 0 Å². The number of nitrogens with zero attached hydrogens (tertiary/aromatic N) is 4. The molecular formula is C18H23N5O2S2. The van der Waals surface area contributed by atoms with Gasteiger partial charge in [-0.05, 0) is 25.0 Å². The average Bonchev–Trinajstić information content (AvgIpc) is 3.42. The molecule has 144 valence electrons. The second-order valence-corrected chi connectivity index (χ2v) is 8.82. The van der Waals surface area contributed by atoms with Gasteiger partial charge in [-0.25, -0.2) is 0 Å². The summed E-state index contributed by atoms with van der Waals surface area (Å²) in [4.78, 5) is 16.7. The van der Waals surface area contributed by atoms with Crippen molar-refractivity contribution in [2.45, 2.75) is 23.2 Å². The summed E-state index contributed by atoms with van der Waals surface area (Å²) >= 11 is 3.00. The van der Waals surface area contributed by atoms with E-state index in [2.05, 4.69) is 26.5 Å². The predicted octanol–water partition coefficient (Wildman–Crippen LogP) is 2.56. The number of ether oxygens (including phenoxy) is 1. The molecular weight excluding hydrogens is 382 g/mol. The normalized spacial score (nSPS) is 17.1. The number of aromatic nitrogens is 2. The van der Waals surface area contributed by atoms with E-state index in [4.69, 9.17) is 4.74 Å². The number of anilines is 2. The third kappa shape index (κ3) is 4.65. The van der Waals surface area contributed by atoms with Crippen molar-refractivity contribution in [1.29, 1.82) is 0 Å². The van der Waals surface area contributed by atoms with Crippen LogP contribution in [0, 0.1) is 0 Å². The molecule has 0 bridgehead atoms. The van der Waals surface area contributed by atoms with Crippen molar-refractivity contribution in [3.63, 3.8) is 0 Å². The number of rotatable bonds is 7. The zero-order valence-corrected chi connectivity index (χ0v) is 16.9. The van der Waals surface area contributed by atoms with Gasteiger partial charge in [0.15, 0.2) is 4.34 Å². The third-order valence-electron chi connectivity index (χ3n) is 4.69. The standard InChI is InChI=1S/C18H23N5O2S2/c1-25-15-5-3-2-4-14(15)22-8-10-23(11-9-22)16(24)12-26-18-21-20-17(27-18)19-13-6-7-13/h2-5,13H,6-12H2,1H3,(H,19,20). The Morgan fingerprint density at radius 2 is 2.04 bits per heavy atom. The van der Waals surface area contributed by atoms with Gasteiger partial charge in [-0.1, -0.05) is 35.2 Å². The van der Waals surface area contributed by atoms with Gasteiger partial charge in [0, 0.05) is 32.2 Å². The van der Waals surface area contributed by atoms with Crippen molar-refractivity contribution in [2.75, 3.05) is 49.3 Å². The van der Waals surface area contributed by atoms with Crippen LogP contribution in [-0.4, -0.2) is 66.1 Å². The van der Waals surface area contributed by atoms with Crippen molar-refractivity contribution < 1.29 is 9.53 Å². The second-order valence-electron chi connectivity index (χ2n) is 6.62. The lowest BCUT2D eigenvalue weighted by Gasteiger charge is -2.36. The van der Waals surface area contributed by atoms with Gasteiger partial charge in [0.25, 0.3) is 0 Å². The number of thioether (sulfide) groups is 1. The molecule has 2 heterocycles. The minimum Gasteiger partial charge on any atom is -0.495 e. The molecule has 1 aliphatic carbocycles. The molecule has 0 spiro atoms. The van der Waals surface area contributed by atoms with Gasteiger partial charge in [0.2, 0.25) is 11.0 Å². The molecule has 2 aliphatic rings. The zero-order valence-electron chi connectivity index (χ0n) is 15.3. The molecule has 0 radical (unpaired) electrons. The Morgan fingerprint density at radius 3 is 2.78 bits per heavy atom. The van der Waals surface area contributed by atoms with Crippen LogP contribution in [0.1, 0.15) is 12.8 Å². The lowest BCUT2D eigenvalue weighted by molar-refractivity contribution is -0.128. The van der Waals surface area contributed by atoms with Crippen molar-refractivity contribution >= 4 is 39.8 Å². The number of methoxy groups -OCH3 is 1. The summed E-state index contributed by atoms with van der Waals surface area (Å²) in [5.74, 6) is 1.44. The van der Waals surface area contributed by atoms with E-state index in [0.29, 0.717) is 11.8 Å². The summed E-state index contributed by atoms with van der Waals surface area (Å²) in [5, 5.41) is 12.5. The number of carbonyl (C=O) groups is 1. The van der Waals surface area contributed by atoms with Gasteiger partial charge in [0.05, 0.1) is 18.6 Å². The largest absolute Gasteiger partial charge is 0.495 e. The first-order valence-electron chi connectivity index (χ1n) is 9.11. The maximum atomic E-state index is 12.5. The van der Waals surface area contributed by atoms with E-state index in [-0.39, 0.29) is 5.91 Å². The number of nitrogens with one attached hydrogen (secondary N) is 1. The number of piperazine rings is 1. The lowest BCUT2D eigenvalue weighted by Crippen LogP contribution is -2.49. The molecule has 1 N–H and O–H groups in total. The maximum Gasteiger partial charge on any atom is 0.233 e.